The lowest BCUT2D eigenvalue weighted by molar-refractivity contribution is -0.144. The first-order chi connectivity index (χ1) is 6.42. The maximum absolute atomic E-state index is 11.0. The van der Waals surface area contributed by atoms with Gasteiger partial charge in [0, 0.05) is 6.54 Å². The number of aliphatic hydroxyl groups is 1. The first kappa shape index (κ1) is 13.4. The minimum atomic E-state index is -0.910. The Hall–Kier alpha value is -0.610. The molecule has 0 aliphatic carbocycles. The van der Waals surface area contributed by atoms with E-state index in [1.807, 2.05) is 0 Å². The van der Waals surface area contributed by atoms with Gasteiger partial charge in [-0.05, 0) is 25.7 Å². The molecule has 0 radical (unpaired) electrons. The summed E-state index contributed by atoms with van der Waals surface area (Å²) in [6.07, 6.45) is 1.45. The highest BCUT2D eigenvalue weighted by molar-refractivity contribution is 5.78. The van der Waals surface area contributed by atoms with Crippen LogP contribution in [0.1, 0.15) is 33.6 Å². The van der Waals surface area contributed by atoms with Crippen LogP contribution < -0.4 is 5.32 Å². The number of rotatable bonds is 7. The molecule has 0 spiro atoms. The Kier molecular flexibility index (Phi) is 5.72. The van der Waals surface area contributed by atoms with Gasteiger partial charge < -0.3 is 10.2 Å². The minimum Gasteiger partial charge on any atom is -0.480 e. The molecule has 3 N–H and O–H groups in total. The molecule has 84 valence electrons. The maximum Gasteiger partial charge on any atom is 0.323 e. The monoisotopic (exact) mass is 203 g/mol. The Morgan fingerprint density at radius 1 is 1.50 bits per heavy atom. The molecule has 0 fully saturated rings. The molecule has 0 aromatic rings. The summed E-state index contributed by atoms with van der Waals surface area (Å²) in [5.41, 5.74) is -0.910. The lowest BCUT2D eigenvalue weighted by atomic mass is 9.92. The van der Waals surface area contributed by atoms with Crippen LogP contribution >= 0.6 is 0 Å². The second-order valence-corrected chi connectivity index (χ2v) is 4.22. The highest BCUT2D eigenvalue weighted by Crippen LogP contribution is 2.16. The van der Waals surface area contributed by atoms with E-state index < -0.39 is 11.5 Å². The van der Waals surface area contributed by atoms with E-state index in [2.05, 4.69) is 19.2 Å². The zero-order valence-electron chi connectivity index (χ0n) is 9.21. The molecule has 0 saturated carbocycles. The zero-order chi connectivity index (χ0) is 11.2. The number of β-amino-alcohol motifs (C(OH)–C–C–N with tert-alkyl or cyclic N) is 1. The second-order valence-electron chi connectivity index (χ2n) is 4.22. The fraction of sp³-hybridized carbons (Fsp3) is 0.900. The summed E-state index contributed by atoms with van der Waals surface area (Å²) in [4.78, 5) is 11.0. The van der Waals surface area contributed by atoms with Gasteiger partial charge >= 0.3 is 5.97 Å². The van der Waals surface area contributed by atoms with Gasteiger partial charge in [0.05, 0.1) is 6.61 Å². The molecule has 14 heavy (non-hydrogen) atoms. The number of nitrogens with one attached hydrogen (secondary N) is 1. The van der Waals surface area contributed by atoms with Crippen molar-refractivity contribution in [3.05, 3.63) is 0 Å². The summed E-state index contributed by atoms with van der Waals surface area (Å²) >= 11 is 0. The Bertz CT molecular complexity index is 182. The standard InChI is InChI=1S/C10H21NO3/c1-8(2)4-5-10(3,9(13)14)11-6-7-12/h8,11-12H,4-7H2,1-3H3,(H,13,14). The molecule has 4 heteroatoms. The van der Waals surface area contributed by atoms with Crippen LogP contribution in [0, 0.1) is 5.92 Å². The number of aliphatic hydroxyl groups excluding tert-OH is 1. The van der Waals surface area contributed by atoms with E-state index >= 15 is 0 Å². The lowest BCUT2D eigenvalue weighted by Gasteiger charge is -2.26. The van der Waals surface area contributed by atoms with Crippen molar-refractivity contribution in [1.29, 1.82) is 0 Å². The third kappa shape index (κ3) is 4.58. The molecule has 0 rings (SSSR count). The van der Waals surface area contributed by atoms with Gasteiger partial charge in [-0.2, -0.15) is 0 Å². The van der Waals surface area contributed by atoms with E-state index in [9.17, 15) is 4.79 Å². The quantitative estimate of drug-likeness (QED) is 0.573. The average Bonchev–Trinajstić information content (AvgIpc) is 2.11. The predicted octanol–water partition coefficient (Wildman–Crippen LogP) is 0.848. The number of hydrogen-bond acceptors (Lipinski definition) is 3. The molecule has 0 aromatic heterocycles. The highest BCUT2D eigenvalue weighted by atomic mass is 16.4. The number of hydrogen-bond donors (Lipinski definition) is 3. The summed E-state index contributed by atoms with van der Waals surface area (Å²) in [7, 11) is 0. The summed E-state index contributed by atoms with van der Waals surface area (Å²) in [6.45, 7) is 6.07. The van der Waals surface area contributed by atoms with E-state index in [-0.39, 0.29) is 6.61 Å². The van der Waals surface area contributed by atoms with E-state index in [0.717, 1.165) is 6.42 Å². The Morgan fingerprint density at radius 2 is 2.07 bits per heavy atom. The molecule has 1 unspecified atom stereocenters. The van der Waals surface area contributed by atoms with Gasteiger partial charge in [0.15, 0.2) is 0 Å². The van der Waals surface area contributed by atoms with Crippen LogP contribution in [0.4, 0.5) is 0 Å². The van der Waals surface area contributed by atoms with Crippen LogP contribution in [0.25, 0.3) is 0 Å². The van der Waals surface area contributed by atoms with Gasteiger partial charge in [0.1, 0.15) is 5.54 Å². The van der Waals surface area contributed by atoms with Gasteiger partial charge in [-0.1, -0.05) is 13.8 Å². The van der Waals surface area contributed by atoms with Gasteiger partial charge in [-0.15, -0.1) is 0 Å². The molecule has 0 aliphatic heterocycles. The van der Waals surface area contributed by atoms with E-state index in [1.165, 1.54) is 0 Å². The van der Waals surface area contributed by atoms with Crippen molar-refractivity contribution in [2.45, 2.75) is 39.2 Å². The molecule has 4 nitrogen and oxygen atoms in total. The normalized spacial score (nSPS) is 15.5. The van der Waals surface area contributed by atoms with Crippen molar-refractivity contribution in [3.63, 3.8) is 0 Å². The van der Waals surface area contributed by atoms with Crippen LogP contribution in [-0.4, -0.2) is 34.9 Å². The Morgan fingerprint density at radius 3 is 2.43 bits per heavy atom. The SMILES string of the molecule is CC(C)CCC(C)(NCCO)C(=O)O. The van der Waals surface area contributed by atoms with Crippen molar-refractivity contribution in [2.75, 3.05) is 13.2 Å². The summed E-state index contributed by atoms with van der Waals surface area (Å²) < 4.78 is 0. The van der Waals surface area contributed by atoms with Crippen LogP contribution in [0.2, 0.25) is 0 Å². The zero-order valence-corrected chi connectivity index (χ0v) is 9.21. The van der Waals surface area contributed by atoms with E-state index in [0.29, 0.717) is 18.9 Å². The maximum atomic E-state index is 11.0. The van der Waals surface area contributed by atoms with Crippen molar-refractivity contribution in [2.24, 2.45) is 5.92 Å². The van der Waals surface area contributed by atoms with Crippen LogP contribution in [0.5, 0.6) is 0 Å². The van der Waals surface area contributed by atoms with Crippen LogP contribution in [0.3, 0.4) is 0 Å². The summed E-state index contributed by atoms with van der Waals surface area (Å²) in [5.74, 6) is -0.365. The number of carboxylic acid groups (broad SMARTS) is 1. The van der Waals surface area contributed by atoms with Gasteiger partial charge in [-0.25, -0.2) is 0 Å². The van der Waals surface area contributed by atoms with Crippen LogP contribution in [0.15, 0.2) is 0 Å². The predicted molar refractivity (Wildman–Crippen MR) is 55.2 cm³/mol. The second kappa shape index (κ2) is 5.98. The van der Waals surface area contributed by atoms with E-state index in [4.69, 9.17) is 10.2 Å². The smallest absolute Gasteiger partial charge is 0.323 e. The number of aliphatic carboxylic acids is 1. The largest absolute Gasteiger partial charge is 0.480 e. The van der Waals surface area contributed by atoms with Crippen molar-refractivity contribution >= 4 is 5.97 Å². The van der Waals surface area contributed by atoms with Crippen molar-refractivity contribution in [1.82, 2.24) is 5.32 Å². The first-order valence-corrected chi connectivity index (χ1v) is 5.01. The molecule has 0 heterocycles. The van der Waals surface area contributed by atoms with Crippen molar-refractivity contribution < 1.29 is 15.0 Å². The average molecular weight is 203 g/mol. The third-order valence-electron chi connectivity index (χ3n) is 2.32. The third-order valence-corrected chi connectivity index (χ3v) is 2.32. The molecule has 0 aromatic carbocycles. The summed E-state index contributed by atoms with van der Waals surface area (Å²) in [5, 5.41) is 20.5. The van der Waals surface area contributed by atoms with Crippen LogP contribution in [-0.2, 0) is 4.79 Å². The minimum absolute atomic E-state index is 0.0372. The van der Waals surface area contributed by atoms with E-state index in [1.54, 1.807) is 6.92 Å². The molecular weight excluding hydrogens is 182 g/mol. The van der Waals surface area contributed by atoms with Gasteiger partial charge in [0.25, 0.3) is 0 Å². The first-order valence-electron chi connectivity index (χ1n) is 5.01. The molecular formula is C10H21NO3. The lowest BCUT2D eigenvalue weighted by Crippen LogP contribution is -2.50. The molecule has 0 saturated heterocycles. The van der Waals surface area contributed by atoms with Crippen molar-refractivity contribution in [3.8, 4) is 0 Å². The molecule has 0 bridgehead atoms. The highest BCUT2D eigenvalue weighted by Gasteiger charge is 2.31. The molecule has 1 atom stereocenters. The fourth-order valence-corrected chi connectivity index (χ4v) is 1.18. The Labute approximate surface area is 85.3 Å². The number of carbonyl (C=O) groups is 1. The molecule has 0 aliphatic rings. The Balaban J connectivity index is 4.17. The van der Waals surface area contributed by atoms with Gasteiger partial charge in [-0.3, -0.25) is 10.1 Å². The molecule has 0 amide bonds. The van der Waals surface area contributed by atoms with Gasteiger partial charge in [0.2, 0.25) is 0 Å². The fourth-order valence-electron chi connectivity index (χ4n) is 1.18. The number of carboxylic acids is 1. The summed E-state index contributed by atoms with van der Waals surface area (Å²) in [6, 6.07) is 0. The topological polar surface area (TPSA) is 69.6 Å².